The molecule has 1 aromatic carbocycles. The Bertz CT molecular complexity index is 1310. The number of hydrogen-bond donors (Lipinski definition) is 0. The molecule has 12 heteroatoms. The van der Waals surface area contributed by atoms with Crippen molar-refractivity contribution in [3.05, 3.63) is 88.7 Å². The Morgan fingerprint density at radius 1 is 1.11 bits per heavy atom. The van der Waals surface area contributed by atoms with E-state index in [-0.39, 0.29) is 31.0 Å². The Balaban J connectivity index is 1.97. The highest BCUT2D eigenvalue weighted by Crippen LogP contribution is 2.41. The van der Waals surface area contributed by atoms with Crippen LogP contribution in [0.3, 0.4) is 0 Å². The van der Waals surface area contributed by atoms with Crippen molar-refractivity contribution in [1.29, 1.82) is 0 Å². The first-order valence-electron chi connectivity index (χ1n) is 11.1. The average molecular weight is 492 g/mol. The van der Waals surface area contributed by atoms with Gasteiger partial charge in [-0.3, -0.25) is 19.9 Å². The van der Waals surface area contributed by atoms with Crippen molar-refractivity contribution in [2.75, 3.05) is 13.7 Å². The maximum absolute atomic E-state index is 13.3. The molecule has 1 aliphatic rings. The number of benzene rings is 1. The predicted octanol–water partition coefficient (Wildman–Crippen LogP) is 2.53. The van der Waals surface area contributed by atoms with Gasteiger partial charge in [-0.1, -0.05) is 12.1 Å². The highest BCUT2D eigenvalue weighted by Gasteiger charge is 2.44. The summed E-state index contributed by atoms with van der Waals surface area (Å²) in [5.74, 6) is -3.27. The largest absolute Gasteiger partial charge is 0.468 e. The van der Waals surface area contributed by atoms with Crippen LogP contribution < -0.4 is 0 Å². The molecule has 0 saturated carbocycles. The summed E-state index contributed by atoms with van der Waals surface area (Å²) in [6, 6.07) is 5.86. The van der Waals surface area contributed by atoms with Crippen LogP contribution in [0.25, 0.3) is 0 Å². The first-order valence-corrected chi connectivity index (χ1v) is 11.1. The third-order valence-electron chi connectivity index (χ3n) is 5.78. The fourth-order valence-electron chi connectivity index (χ4n) is 4.26. The van der Waals surface area contributed by atoms with Crippen LogP contribution >= 0.6 is 0 Å². The normalized spacial score (nSPS) is 17.4. The van der Waals surface area contributed by atoms with Gasteiger partial charge in [0.15, 0.2) is 0 Å². The lowest BCUT2D eigenvalue weighted by Gasteiger charge is -2.33. The van der Waals surface area contributed by atoms with E-state index in [4.69, 9.17) is 14.5 Å². The Kier molecular flexibility index (Phi) is 7.33. The third-order valence-corrected chi connectivity index (χ3v) is 5.78. The molecule has 0 N–H and O–H groups in total. The molecule has 2 unspecified atom stereocenters. The summed E-state index contributed by atoms with van der Waals surface area (Å²) in [5, 5.41) is 11.5. The molecule has 1 aliphatic heterocycles. The van der Waals surface area contributed by atoms with E-state index < -0.39 is 28.7 Å². The topological polar surface area (TPSA) is 144 Å². The quantitative estimate of drug-likeness (QED) is 0.252. The number of allylic oxidation sites excluding steroid dienone is 1. The molecule has 0 aliphatic carbocycles. The number of non-ortho nitro benzene ring substituents is 1. The van der Waals surface area contributed by atoms with Crippen LogP contribution in [0, 0.1) is 16.0 Å². The summed E-state index contributed by atoms with van der Waals surface area (Å²) in [6.07, 6.45) is 9.80. The number of methoxy groups -OCH3 is 1. The van der Waals surface area contributed by atoms with Gasteiger partial charge in [0.1, 0.15) is 5.92 Å². The maximum Gasteiger partial charge on any atom is 0.336 e. The van der Waals surface area contributed by atoms with Crippen LogP contribution in [0.4, 0.5) is 5.69 Å². The standard InChI is InChI=1S/C24H24N6O6/c1-3-36-24(32)22-19(13-29-10-8-26-15-29)27-18(12-28-9-7-25-14-28)21(23(31)35-2)20(22)16-5-4-6-17(11-16)30(33)34/h4-11,14-15,20-21H,3,12-13H2,1-2H3. The van der Waals surface area contributed by atoms with Gasteiger partial charge in [0.05, 0.1) is 61.4 Å². The lowest BCUT2D eigenvalue weighted by molar-refractivity contribution is -0.384. The van der Waals surface area contributed by atoms with Crippen molar-refractivity contribution in [3.63, 3.8) is 0 Å². The number of rotatable bonds is 9. The van der Waals surface area contributed by atoms with Crippen molar-refractivity contribution in [1.82, 2.24) is 19.1 Å². The SMILES string of the molecule is CCOC(=O)C1=C(Cn2ccnc2)N=C(Cn2ccnc2)C(C(=O)OC)C1c1cccc([N+](=O)[O-])c1. The number of ether oxygens (including phenoxy) is 2. The number of nitro benzene ring substituents is 1. The van der Waals surface area contributed by atoms with Crippen LogP contribution in [0.5, 0.6) is 0 Å². The van der Waals surface area contributed by atoms with Crippen LogP contribution in [0.15, 0.2) is 78.0 Å². The monoisotopic (exact) mass is 492 g/mol. The Morgan fingerprint density at radius 3 is 2.39 bits per heavy atom. The molecule has 12 nitrogen and oxygen atoms in total. The number of nitrogens with zero attached hydrogens (tertiary/aromatic N) is 6. The van der Waals surface area contributed by atoms with Crippen LogP contribution in [0.2, 0.25) is 0 Å². The van der Waals surface area contributed by atoms with Crippen molar-refractivity contribution < 1.29 is 24.0 Å². The maximum atomic E-state index is 13.3. The minimum atomic E-state index is -1.04. The molecule has 3 aromatic rings. The van der Waals surface area contributed by atoms with E-state index in [9.17, 15) is 19.7 Å². The molecule has 2 atom stereocenters. The molecule has 0 saturated heterocycles. The smallest absolute Gasteiger partial charge is 0.336 e. The Labute approximate surface area is 206 Å². The molecular formula is C24H24N6O6. The number of carbonyl (C=O) groups excluding carboxylic acids is 2. The van der Waals surface area contributed by atoms with Crippen molar-refractivity contribution in [3.8, 4) is 0 Å². The minimum Gasteiger partial charge on any atom is -0.468 e. The van der Waals surface area contributed by atoms with E-state index >= 15 is 0 Å². The summed E-state index contributed by atoms with van der Waals surface area (Å²) >= 11 is 0. The zero-order valence-corrected chi connectivity index (χ0v) is 19.7. The molecule has 0 bridgehead atoms. The van der Waals surface area contributed by atoms with Crippen LogP contribution in [-0.4, -0.2) is 55.4 Å². The first kappa shape index (κ1) is 24.5. The molecule has 0 amide bonds. The molecule has 2 aromatic heterocycles. The van der Waals surface area contributed by atoms with Gasteiger partial charge in [-0.2, -0.15) is 0 Å². The summed E-state index contributed by atoms with van der Waals surface area (Å²) in [5.41, 5.74) is 1.13. The summed E-state index contributed by atoms with van der Waals surface area (Å²) in [6.45, 7) is 2.12. The van der Waals surface area contributed by atoms with Gasteiger partial charge in [0, 0.05) is 42.8 Å². The molecule has 3 heterocycles. The van der Waals surface area contributed by atoms with Gasteiger partial charge >= 0.3 is 11.9 Å². The number of carbonyl (C=O) groups is 2. The molecular weight excluding hydrogens is 468 g/mol. The second kappa shape index (κ2) is 10.8. The first-order chi connectivity index (χ1) is 17.4. The number of aliphatic imine (C=N–C) groups is 1. The van der Waals surface area contributed by atoms with Crippen molar-refractivity contribution in [2.24, 2.45) is 10.9 Å². The number of esters is 2. The molecule has 186 valence electrons. The van der Waals surface area contributed by atoms with Gasteiger partial charge < -0.3 is 18.6 Å². The zero-order valence-electron chi connectivity index (χ0n) is 19.7. The van der Waals surface area contributed by atoms with E-state index in [1.165, 1.54) is 25.3 Å². The number of nitro groups is 1. The predicted molar refractivity (Wildman–Crippen MR) is 127 cm³/mol. The number of imidazole rings is 2. The summed E-state index contributed by atoms with van der Waals surface area (Å²) < 4.78 is 14.0. The number of hydrogen-bond acceptors (Lipinski definition) is 9. The van der Waals surface area contributed by atoms with Crippen molar-refractivity contribution >= 4 is 23.3 Å². The Hall–Kier alpha value is -4.61. The van der Waals surface area contributed by atoms with E-state index in [2.05, 4.69) is 9.97 Å². The van der Waals surface area contributed by atoms with E-state index in [1.54, 1.807) is 59.6 Å². The van der Waals surface area contributed by atoms with Gasteiger partial charge in [0.2, 0.25) is 0 Å². The molecule has 36 heavy (non-hydrogen) atoms. The van der Waals surface area contributed by atoms with Crippen molar-refractivity contribution in [2.45, 2.75) is 25.9 Å². The second-order valence-corrected chi connectivity index (χ2v) is 7.98. The van der Waals surface area contributed by atoms with Gasteiger partial charge in [0.25, 0.3) is 5.69 Å². The molecule has 0 fully saturated rings. The molecule has 0 radical (unpaired) electrons. The molecule has 0 spiro atoms. The fraction of sp³-hybridized carbons (Fsp3) is 0.292. The average Bonchev–Trinajstić information content (AvgIpc) is 3.58. The lowest BCUT2D eigenvalue weighted by Crippen LogP contribution is -2.39. The van der Waals surface area contributed by atoms with Crippen LogP contribution in [0.1, 0.15) is 18.4 Å². The summed E-state index contributed by atoms with van der Waals surface area (Å²) in [4.78, 5) is 50.4. The van der Waals surface area contributed by atoms with E-state index in [1.807, 2.05) is 0 Å². The summed E-state index contributed by atoms with van der Waals surface area (Å²) in [7, 11) is 1.25. The zero-order chi connectivity index (χ0) is 25.7. The van der Waals surface area contributed by atoms with Gasteiger partial charge in [-0.25, -0.2) is 14.8 Å². The fourth-order valence-corrected chi connectivity index (χ4v) is 4.26. The van der Waals surface area contributed by atoms with Gasteiger partial charge in [-0.15, -0.1) is 0 Å². The highest BCUT2D eigenvalue weighted by atomic mass is 16.6. The lowest BCUT2D eigenvalue weighted by atomic mass is 9.75. The third kappa shape index (κ3) is 5.06. The van der Waals surface area contributed by atoms with E-state index in [0.717, 1.165) is 0 Å². The van der Waals surface area contributed by atoms with Gasteiger partial charge in [-0.05, 0) is 12.5 Å². The second-order valence-electron chi connectivity index (χ2n) is 7.98. The van der Waals surface area contributed by atoms with Crippen LogP contribution in [-0.2, 0) is 32.2 Å². The Morgan fingerprint density at radius 2 is 1.81 bits per heavy atom. The molecule has 4 rings (SSSR count). The highest BCUT2D eigenvalue weighted by molar-refractivity contribution is 6.08. The minimum absolute atomic E-state index is 0.0941. The van der Waals surface area contributed by atoms with E-state index in [0.29, 0.717) is 17.0 Å². The number of aromatic nitrogens is 4.